The zero-order valence-corrected chi connectivity index (χ0v) is 14.9. The van der Waals surface area contributed by atoms with Crippen molar-refractivity contribution in [1.29, 1.82) is 0 Å². The molecule has 0 saturated carbocycles. The Labute approximate surface area is 161 Å². The van der Waals surface area contributed by atoms with Crippen LogP contribution in [0.4, 0.5) is 14.6 Å². The van der Waals surface area contributed by atoms with Crippen LogP contribution in [-0.2, 0) is 0 Å². The fourth-order valence-electron chi connectivity index (χ4n) is 2.84. The Kier molecular flexibility index (Phi) is 3.72. The minimum Gasteiger partial charge on any atom is -0.454 e. The molecule has 0 saturated heterocycles. The third kappa shape index (κ3) is 2.65. The first-order valence-corrected chi connectivity index (χ1v) is 9.00. The summed E-state index contributed by atoms with van der Waals surface area (Å²) >= 11 is 1.31. The number of rotatable bonds is 3. The van der Waals surface area contributed by atoms with Crippen molar-refractivity contribution in [3.63, 3.8) is 0 Å². The molecule has 10 heteroatoms. The summed E-state index contributed by atoms with van der Waals surface area (Å²) in [5.74, 6) is 0.135. The molecule has 1 aliphatic heterocycles. The van der Waals surface area contributed by atoms with Gasteiger partial charge < -0.3 is 15.2 Å². The third-order valence-electron chi connectivity index (χ3n) is 4.22. The molecule has 28 heavy (non-hydrogen) atoms. The standard InChI is InChI=1S/C18H11F2N5O2S/c19-10-2-3-11(20)13(6-10)25-17(21)16(23-24-25)18-22-12(7-28-18)9-1-4-14-15(5-9)27-8-26-14/h1-7H,8,21H2. The van der Waals surface area contributed by atoms with E-state index in [2.05, 4.69) is 15.3 Å². The van der Waals surface area contributed by atoms with Gasteiger partial charge in [-0.05, 0) is 30.3 Å². The van der Waals surface area contributed by atoms with Crippen LogP contribution in [0.1, 0.15) is 0 Å². The molecule has 0 atom stereocenters. The van der Waals surface area contributed by atoms with Crippen LogP contribution in [0.2, 0.25) is 0 Å². The number of aromatic nitrogens is 4. The van der Waals surface area contributed by atoms with E-state index in [1.807, 2.05) is 23.6 Å². The number of nitrogens with zero attached hydrogens (tertiary/aromatic N) is 4. The van der Waals surface area contributed by atoms with E-state index in [-0.39, 0.29) is 18.3 Å². The lowest BCUT2D eigenvalue weighted by molar-refractivity contribution is 0.174. The highest BCUT2D eigenvalue weighted by Crippen LogP contribution is 2.37. The topological polar surface area (TPSA) is 88.1 Å². The van der Waals surface area contributed by atoms with E-state index in [9.17, 15) is 8.78 Å². The van der Waals surface area contributed by atoms with Gasteiger partial charge in [0, 0.05) is 17.0 Å². The molecule has 2 aromatic carbocycles. The number of ether oxygens (including phenoxy) is 2. The lowest BCUT2D eigenvalue weighted by Gasteiger charge is -2.04. The van der Waals surface area contributed by atoms with Crippen LogP contribution in [0.3, 0.4) is 0 Å². The summed E-state index contributed by atoms with van der Waals surface area (Å²) in [7, 11) is 0. The number of hydrogen-bond acceptors (Lipinski definition) is 7. The van der Waals surface area contributed by atoms with E-state index in [1.165, 1.54) is 11.3 Å². The highest BCUT2D eigenvalue weighted by atomic mass is 32.1. The fourth-order valence-corrected chi connectivity index (χ4v) is 3.66. The number of nitrogen functional groups attached to an aromatic ring is 1. The Bertz CT molecular complexity index is 1210. The van der Waals surface area contributed by atoms with Crippen molar-refractivity contribution >= 4 is 17.2 Å². The van der Waals surface area contributed by atoms with Gasteiger partial charge in [0.05, 0.1) is 5.69 Å². The maximum absolute atomic E-state index is 14.0. The van der Waals surface area contributed by atoms with Gasteiger partial charge >= 0.3 is 0 Å². The van der Waals surface area contributed by atoms with Crippen LogP contribution in [0.5, 0.6) is 11.5 Å². The predicted octanol–water partition coefficient (Wildman–Crippen LogP) is 3.65. The van der Waals surface area contributed by atoms with Crippen LogP contribution in [0.25, 0.3) is 27.6 Å². The molecule has 0 radical (unpaired) electrons. The molecule has 140 valence electrons. The minimum absolute atomic E-state index is 0.0658. The van der Waals surface area contributed by atoms with Gasteiger partial charge in [0.2, 0.25) is 6.79 Å². The third-order valence-corrected chi connectivity index (χ3v) is 5.07. The first kappa shape index (κ1) is 16.6. The lowest BCUT2D eigenvalue weighted by atomic mass is 10.1. The van der Waals surface area contributed by atoms with Crippen LogP contribution in [0.15, 0.2) is 41.8 Å². The largest absolute Gasteiger partial charge is 0.454 e. The summed E-state index contributed by atoms with van der Waals surface area (Å²) in [5, 5.41) is 10.2. The van der Waals surface area contributed by atoms with Crippen LogP contribution in [0, 0.1) is 11.6 Å². The van der Waals surface area contributed by atoms with Crippen molar-refractivity contribution in [3.05, 3.63) is 53.4 Å². The number of thiazole rings is 1. The van der Waals surface area contributed by atoms with Crippen molar-refractivity contribution in [2.45, 2.75) is 0 Å². The average molecular weight is 399 g/mol. The molecule has 7 nitrogen and oxygen atoms in total. The van der Waals surface area contributed by atoms with E-state index >= 15 is 0 Å². The Morgan fingerprint density at radius 2 is 1.93 bits per heavy atom. The predicted molar refractivity (Wildman–Crippen MR) is 98.4 cm³/mol. The molecule has 0 spiro atoms. The van der Waals surface area contributed by atoms with Crippen molar-refractivity contribution < 1.29 is 18.3 Å². The first-order valence-electron chi connectivity index (χ1n) is 8.12. The zero-order chi connectivity index (χ0) is 19.3. The van der Waals surface area contributed by atoms with E-state index in [1.54, 1.807) is 0 Å². The Hall–Kier alpha value is -3.53. The van der Waals surface area contributed by atoms with Gasteiger partial charge in [-0.2, -0.15) is 4.68 Å². The number of anilines is 1. The average Bonchev–Trinajstić information content (AvgIpc) is 3.42. The lowest BCUT2D eigenvalue weighted by Crippen LogP contribution is -2.05. The molecule has 0 unspecified atom stereocenters. The normalized spacial score (nSPS) is 12.5. The molecule has 5 rings (SSSR count). The number of halogens is 2. The second-order valence-corrected chi connectivity index (χ2v) is 6.79. The van der Waals surface area contributed by atoms with Gasteiger partial charge in [-0.1, -0.05) is 5.21 Å². The fraction of sp³-hybridized carbons (Fsp3) is 0.0556. The second-order valence-electron chi connectivity index (χ2n) is 5.94. The highest BCUT2D eigenvalue weighted by molar-refractivity contribution is 7.13. The summed E-state index contributed by atoms with van der Waals surface area (Å²) in [5.41, 5.74) is 7.80. The van der Waals surface area contributed by atoms with E-state index in [0.717, 1.165) is 28.4 Å². The number of nitrogens with two attached hydrogens (primary N) is 1. The van der Waals surface area contributed by atoms with E-state index in [0.29, 0.717) is 27.9 Å². The molecule has 0 amide bonds. The van der Waals surface area contributed by atoms with Gasteiger partial charge in [-0.15, -0.1) is 16.4 Å². The molecular weight excluding hydrogens is 388 g/mol. The SMILES string of the molecule is Nc1c(-c2nc(-c3ccc4c(c3)OCO4)cs2)nnn1-c1cc(F)ccc1F. The number of benzene rings is 2. The summed E-state index contributed by atoms with van der Waals surface area (Å²) in [6.45, 7) is 0.192. The maximum atomic E-state index is 14.0. The Morgan fingerprint density at radius 1 is 1.07 bits per heavy atom. The maximum Gasteiger partial charge on any atom is 0.231 e. The zero-order valence-electron chi connectivity index (χ0n) is 14.1. The van der Waals surface area contributed by atoms with Crippen LogP contribution >= 0.6 is 11.3 Å². The molecule has 0 aliphatic carbocycles. The van der Waals surface area contributed by atoms with Crippen LogP contribution in [-0.4, -0.2) is 26.8 Å². The van der Waals surface area contributed by atoms with Crippen LogP contribution < -0.4 is 15.2 Å². The molecule has 0 bridgehead atoms. The van der Waals surface area contributed by atoms with E-state index < -0.39 is 11.6 Å². The van der Waals surface area contributed by atoms with Crippen molar-refractivity contribution in [2.24, 2.45) is 0 Å². The van der Waals surface area contributed by atoms with Gasteiger partial charge in [0.1, 0.15) is 22.3 Å². The number of fused-ring (bicyclic) bond motifs is 1. The summed E-state index contributed by atoms with van der Waals surface area (Å²) < 4.78 is 39.3. The second kappa shape index (κ2) is 6.27. The van der Waals surface area contributed by atoms with Crippen molar-refractivity contribution in [1.82, 2.24) is 20.0 Å². The molecule has 2 aromatic heterocycles. The van der Waals surface area contributed by atoms with Gasteiger partial charge in [-0.3, -0.25) is 0 Å². The Balaban J connectivity index is 1.52. The smallest absolute Gasteiger partial charge is 0.231 e. The summed E-state index contributed by atoms with van der Waals surface area (Å²) in [6, 6.07) is 8.55. The molecule has 1 aliphatic rings. The Morgan fingerprint density at radius 3 is 2.82 bits per heavy atom. The van der Waals surface area contributed by atoms with Crippen molar-refractivity contribution in [2.75, 3.05) is 12.5 Å². The number of hydrogen-bond donors (Lipinski definition) is 1. The van der Waals surface area contributed by atoms with Gasteiger partial charge in [-0.25, -0.2) is 13.8 Å². The van der Waals surface area contributed by atoms with Gasteiger partial charge in [0.25, 0.3) is 0 Å². The minimum atomic E-state index is -0.662. The quantitative estimate of drug-likeness (QED) is 0.566. The summed E-state index contributed by atoms with van der Waals surface area (Å²) in [4.78, 5) is 4.54. The molecule has 0 fully saturated rings. The van der Waals surface area contributed by atoms with Crippen molar-refractivity contribution in [3.8, 4) is 39.1 Å². The summed E-state index contributed by atoms with van der Waals surface area (Å²) in [6.07, 6.45) is 0. The monoisotopic (exact) mass is 399 g/mol. The molecule has 3 heterocycles. The molecule has 4 aromatic rings. The highest BCUT2D eigenvalue weighted by Gasteiger charge is 2.20. The van der Waals surface area contributed by atoms with Gasteiger partial charge in [0.15, 0.2) is 23.0 Å². The molecular formula is C18H11F2N5O2S. The van der Waals surface area contributed by atoms with E-state index in [4.69, 9.17) is 15.2 Å². The molecule has 2 N–H and O–H groups in total. The first-order chi connectivity index (χ1) is 13.6.